The highest BCUT2D eigenvalue weighted by atomic mass is 16.3. The summed E-state index contributed by atoms with van der Waals surface area (Å²) in [7, 11) is 0. The lowest BCUT2D eigenvalue weighted by Crippen LogP contribution is -2.46. The van der Waals surface area contributed by atoms with Crippen LogP contribution in [0.4, 0.5) is 0 Å². The standard InChI is InChI=1S/C18H21N3O/c19-8-3-9-20-10-12-21(13-11-20)14-15-6-7-18(22)17-5-2-1-4-16(15)17/h1-2,4-7,22H,3,9-14H2. The van der Waals surface area contributed by atoms with E-state index in [0.29, 0.717) is 12.2 Å². The maximum absolute atomic E-state index is 9.97. The van der Waals surface area contributed by atoms with Gasteiger partial charge in [-0.25, -0.2) is 0 Å². The molecule has 0 aliphatic carbocycles. The molecule has 0 radical (unpaired) electrons. The number of nitriles is 1. The number of nitrogens with zero attached hydrogens (tertiary/aromatic N) is 3. The summed E-state index contributed by atoms with van der Waals surface area (Å²) >= 11 is 0. The Bertz CT molecular complexity index is 684. The third kappa shape index (κ3) is 3.22. The van der Waals surface area contributed by atoms with Crippen molar-refractivity contribution in [2.45, 2.75) is 13.0 Å². The summed E-state index contributed by atoms with van der Waals surface area (Å²) in [6.07, 6.45) is 0.614. The lowest BCUT2D eigenvalue weighted by Gasteiger charge is -2.34. The summed E-state index contributed by atoms with van der Waals surface area (Å²) in [4.78, 5) is 4.80. The van der Waals surface area contributed by atoms with E-state index in [2.05, 4.69) is 21.9 Å². The molecule has 0 saturated carbocycles. The monoisotopic (exact) mass is 295 g/mol. The zero-order chi connectivity index (χ0) is 15.4. The molecule has 1 N–H and O–H groups in total. The molecule has 2 aromatic rings. The van der Waals surface area contributed by atoms with Crippen molar-refractivity contribution in [3.8, 4) is 11.8 Å². The Balaban J connectivity index is 1.68. The Hall–Kier alpha value is -2.09. The van der Waals surface area contributed by atoms with Crippen LogP contribution in [0.15, 0.2) is 36.4 Å². The van der Waals surface area contributed by atoms with E-state index < -0.39 is 0 Å². The predicted octanol–water partition coefficient (Wildman–Crippen LogP) is 2.58. The fraction of sp³-hybridized carbons (Fsp3) is 0.389. The molecule has 0 amide bonds. The number of piperazine rings is 1. The average molecular weight is 295 g/mol. The van der Waals surface area contributed by atoms with Crippen LogP contribution in [0.5, 0.6) is 5.75 Å². The van der Waals surface area contributed by atoms with Crippen LogP contribution in [0.2, 0.25) is 0 Å². The zero-order valence-corrected chi connectivity index (χ0v) is 12.7. The number of aromatic hydroxyl groups is 1. The third-order valence-corrected chi connectivity index (χ3v) is 4.39. The van der Waals surface area contributed by atoms with Crippen LogP contribution < -0.4 is 0 Å². The summed E-state index contributed by atoms with van der Waals surface area (Å²) in [6.45, 7) is 5.90. The lowest BCUT2D eigenvalue weighted by atomic mass is 10.0. The number of fused-ring (bicyclic) bond motifs is 1. The molecule has 114 valence electrons. The second kappa shape index (κ2) is 6.78. The number of rotatable bonds is 4. The zero-order valence-electron chi connectivity index (χ0n) is 12.7. The highest BCUT2D eigenvalue weighted by Crippen LogP contribution is 2.28. The molecular formula is C18H21N3O. The Morgan fingerprint density at radius 1 is 0.955 bits per heavy atom. The van der Waals surface area contributed by atoms with Gasteiger partial charge in [-0.1, -0.05) is 30.3 Å². The first-order valence-electron chi connectivity index (χ1n) is 7.79. The van der Waals surface area contributed by atoms with E-state index in [1.54, 1.807) is 6.07 Å². The van der Waals surface area contributed by atoms with Crippen molar-refractivity contribution in [2.24, 2.45) is 0 Å². The minimum Gasteiger partial charge on any atom is -0.507 e. The first-order chi connectivity index (χ1) is 10.8. The Labute approximate surface area is 131 Å². The van der Waals surface area contributed by atoms with Crippen LogP contribution in [0.25, 0.3) is 10.8 Å². The first-order valence-corrected chi connectivity index (χ1v) is 7.79. The summed E-state index contributed by atoms with van der Waals surface area (Å²) < 4.78 is 0. The van der Waals surface area contributed by atoms with E-state index in [-0.39, 0.29) is 0 Å². The van der Waals surface area contributed by atoms with Gasteiger partial charge in [0.1, 0.15) is 5.75 Å². The van der Waals surface area contributed by atoms with Gasteiger partial charge in [0, 0.05) is 51.1 Å². The lowest BCUT2D eigenvalue weighted by molar-refractivity contribution is 0.129. The van der Waals surface area contributed by atoms with E-state index in [1.807, 2.05) is 24.3 Å². The van der Waals surface area contributed by atoms with Gasteiger partial charge in [0.15, 0.2) is 0 Å². The van der Waals surface area contributed by atoms with Crippen LogP contribution >= 0.6 is 0 Å². The van der Waals surface area contributed by atoms with Crippen molar-refractivity contribution < 1.29 is 5.11 Å². The van der Waals surface area contributed by atoms with Crippen molar-refractivity contribution in [3.05, 3.63) is 42.0 Å². The van der Waals surface area contributed by atoms with Crippen LogP contribution in [-0.4, -0.2) is 47.6 Å². The summed E-state index contributed by atoms with van der Waals surface area (Å²) in [6, 6.07) is 14.1. The molecule has 0 spiro atoms. The van der Waals surface area contributed by atoms with Gasteiger partial charge in [0.25, 0.3) is 0 Å². The molecular weight excluding hydrogens is 274 g/mol. The molecule has 1 heterocycles. The minimum atomic E-state index is 0.348. The largest absolute Gasteiger partial charge is 0.507 e. The van der Waals surface area contributed by atoms with Gasteiger partial charge in [0.05, 0.1) is 6.07 Å². The normalized spacial score (nSPS) is 16.7. The van der Waals surface area contributed by atoms with E-state index in [1.165, 1.54) is 5.56 Å². The molecule has 1 fully saturated rings. The fourth-order valence-corrected chi connectivity index (χ4v) is 3.10. The molecule has 0 aromatic heterocycles. The van der Waals surface area contributed by atoms with Gasteiger partial charge in [0.2, 0.25) is 0 Å². The number of benzene rings is 2. The number of phenols is 1. The molecule has 0 unspecified atom stereocenters. The molecule has 4 heteroatoms. The van der Waals surface area contributed by atoms with Gasteiger partial charge in [-0.2, -0.15) is 5.26 Å². The topological polar surface area (TPSA) is 50.5 Å². The molecule has 4 nitrogen and oxygen atoms in total. The molecule has 1 saturated heterocycles. The minimum absolute atomic E-state index is 0.348. The van der Waals surface area contributed by atoms with E-state index in [4.69, 9.17) is 5.26 Å². The van der Waals surface area contributed by atoms with Gasteiger partial charge < -0.3 is 5.11 Å². The van der Waals surface area contributed by atoms with Crippen molar-refractivity contribution >= 4 is 10.8 Å². The average Bonchev–Trinajstić information content (AvgIpc) is 2.57. The van der Waals surface area contributed by atoms with Gasteiger partial charge in [-0.3, -0.25) is 9.80 Å². The fourth-order valence-electron chi connectivity index (χ4n) is 3.10. The summed E-state index contributed by atoms with van der Waals surface area (Å²) in [5.74, 6) is 0.348. The third-order valence-electron chi connectivity index (χ3n) is 4.39. The Morgan fingerprint density at radius 2 is 1.64 bits per heavy atom. The highest BCUT2D eigenvalue weighted by Gasteiger charge is 2.17. The quantitative estimate of drug-likeness (QED) is 0.942. The Kier molecular flexibility index (Phi) is 4.57. The number of hydrogen-bond donors (Lipinski definition) is 1. The maximum atomic E-state index is 9.97. The Morgan fingerprint density at radius 3 is 2.36 bits per heavy atom. The van der Waals surface area contributed by atoms with Crippen LogP contribution in [0.3, 0.4) is 0 Å². The van der Waals surface area contributed by atoms with Crippen LogP contribution in [0, 0.1) is 11.3 Å². The van der Waals surface area contributed by atoms with Crippen molar-refractivity contribution in [2.75, 3.05) is 32.7 Å². The first kappa shape index (κ1) is 14.8. The molecule has 2 aromatic carbocycles. The number of hydrogen-bond acceptors (Lipinski definition) is 4. The summed E-state index contributed by atoms with van der Waals surface area (Å²) in [5, 5.41) is 20.7. The van der Waals surface area contributed by atoms with Gasteiger partial charge >= 0.3 is 0 Å². The van der Waals surface area contributed by atoms with Crippen molar-refractivity contribution in [1.29, 1.82) is 5.26 Å². The second-order valence-corrected chi connectivity index (χ2v) is 5.82. The highest BCUT2D eigenvalue weighted by molar-refractivity contribution is 5.90. The predicted molar refractivity (Wildman–Crippen MR) is 87.6 cm³/mol. The SMILES string of the molecule is N#CCCN1CCN(Cc2ccc(O)c3ccccc23)CC1. The van der Waals surface area contributed by atoms with Crippen LogP contribution in [0.1, 0.15) is 12.0 Å². The van der Waals surface area contributed by atoms with Crippen LogP contribution in [-0.2, 0) is 6.54 Å². The molecule has 1 aliphatic rings. The number of phenolic OH excluding ortho intramolecular Hbond substituents is 1. The van der Waals surface area contributed by atoms with E-state index in [0.717, 1.165) is 50.0 Å². The molecule has 0 bridgehead atoms. The van der Waals surface area contributed by atoms with E-state index in [9.17, 15) is 5.11 Å². The van der Waals surface area contributed by atoms with E-state index >= 15 is 0 Å². The molecule has 0 atom stereocenters. The van der Waals surface area contributed by atoms with Crippen molar-refractivity contribution in [1.82, 2.24) is 9.80 Å². The second-order valence-electron chi connectivity index (χ2n) is 5.82. The molecule has 1 aliphatic heterocycles. The summed E-state index contributed by atoms with van der Waals surface area (Å²) in [5.41, 5.74) is 1.26. The maximum Gasteiger partial charge on any atom is 0.123 e. The molecule has 3 rings (SSSR count). The van der Waals surface area contributed by atoms with Gasteiger partial charge in [-0.15, -0.1) is 0 Å². The molecule has 22 heavy (non-hydrogen) atoms. The smallest absolute Gasteiger partial charge is 0.123 e. The van der Waals surface area contributed by atoms with Gasteiger partial charge in [-0.05, 0) is 17.0 Å². The van der Waals surface area contributed by atoms with Crippen molar-refractivity contribution in [3.63, 3.8) is 0 Å².